The molecule has 0 unspecified atom stereocenters. The summed E-state index contributed by atoms with van der Waals surface area (Å²) < 4.78 is 42.0. The number of hydrogen-bond donors (Lipinski definition) is 1. The normalized spacial score (nSPS) is 14.5. The molecule has 1 N–H and O–H groups in total. The van der Waals surface area contributed by atoms with E-state index in [0.29, 0.717) is 22.9 Å². The molecule has 0 saturated heterocycles. The molecule has 25 heavy (non-hydrogen) atoms. The monoisotopic (exact) mass is 345 g/mol. The lowest BCUT2D eigenvalue weighted by atomic mass is 10.0. The van der Waals surface area contributed by atoms with Gasteiger partial charge >= 0.3 is 6.36 Å². The summed E-state index contributed by atoms with van der Waals surface area (Å²) in [5, 5.41) is 7.15. The van der Waals surface area contributed by atoms with Crippen molar-refractivity contribution < 1.29 is 17.9 Å². The van der Waals surface area contributed by atoms with E-state index in [9.17, 15) is 13.2 Å². The highest BCUT2D eigenvalue weighted by Gasteiger charge is 2.32. The van der Waals surface area contributed by atoms with Crippen LogP contribution in [0.2, 0.25) is 0 Å². The first kappa shape index (κ1) is 15.7. The molecule has 4 rings (SSSR count). The predicted molar refractivity (Wildman–Crippen MR) is 85.9 cm³/mol. The Hall–Kier alpha value is -2.83. The van der Waals surface area contributed by atoms with Gasteiger partial charge in [0.1, 0.15) is 11.6 Å². The van der Waals surface area contributed by atoms with Crippen molar-refractivity contribution >= 4 is 0 Å². The third-order valence-electron chi connectivity index (χ3n) is 4.01. The Kier molecular flexibility index (Phi) is 3.71. The minimum absolute atomic E-state index is 0.235. The summed E-state index contributed by atoms with van der Waals surface area (Å²) in [5.74, 6) is 1.62. The molecular weight excluding hydrogens is 331 g/mol. The maximum Gasteiger partial charge on any atom is 0.573 e. The number of hydrogen-bond acceptors (Lipinski definition) is 3. The number of benzene rings is 2. The molecule has 2 aromatic carbocycles. The van der Waals surface area contributed by atoms with Crippen molar-refractivity contribution in [3.05, 3.63) is 54.4 Å². The lowest BCUT2D eigenvalue weighted by Gasteiger charge is -2.13. The second-order valence-electron chi connectivity index (χ2n) is 5.94. The van der Waals surface area contributed by atoms with Crippen molar-refractivity contribution in [3.63, 3.8) is 0 Å². The standard InChI is InChI=1S/C18H14F3N3O/c19-18(20,21)25-15-7-2-1-6-14(15)12-4-3-5-13(10-12)17-22-16(23-24-17)11-8-9-11/h1-7,10-11H,8-9H2,(H,22,23,24). The second-order valence-corrected chi connectivity index (χ2v) is 5.94. The third kappa shape index (κ3) is 3.50. The molecule has 0 aliphatic heterocycles. The van der Waals surface area contributed by atoms with Crippen LogP contribution in [0.25, 0.3) is 22.5 Å². The van der Waals surface area contributed by atoms with Gasteiger partial charge in [-0.25, -0.2) is 4.98 Å². The molecule has 0 atom stereocenters. The molecule has 0 radical (unpaired) electrons. The summed E-state index contributed by atoms with van der Waals surface area (Å²) >= 11 is 0. The van der Waals surface area contributed by atoms with Crippen LogP contribution in [0.15, 0.2) is 48.5 Å². The van der Waals surface area contributed by atoms with Crippen molar-refractivity contribution in [2.24, 2.45) is 0 Å². The van der Waals surface area contributed by atoms with Gasteiger partial charge in [0.05, 0.1) is 0 Å². The molecule has 1 heterocycles. The van der Waals surface area contributed by atoms with Crippen LogP contribution in [0.3, 0.4) is 0 Å². The van der Waals surface area contributed by atoms with Crippen molar-refractivity contribution in [1.29, 1.82) is 0 Å². The van der Waals surface area contributed by atoms with Gasteiger partial charge < -0.3 is 4.74 Å². The number of halogens is 3. The summed E-state index contributed by atoms with van der Waals surface area (Å²) in [6, 6.07) is 13.2. The fraction of sp³-hybridized carbons (Fsp3) is 0.222. The first-order chi connectivity index (χ1) is 12.0. The molecule has 0 amide bonds. The van der Waals surface area contributed by atoms with Crippen LogP contribution in [0, 0.1) is 0 Å². The smallest absolute Gasteiger partial charge is 0.405 e. The number of nitrogens with zero attached hydrogens (tertiary/aromatic N) is 2. The zero-order chi connectivity index (χ0) is 17.4. The predicted octanol–water partition coefficient (Wildman–Crippen LogP) is 4.91. The van der Waals surface area contributed by atoms with E-state index < -0.39 is 6.36 Å². The number of aromatic amines is 1. The Balaban J connectivity index is 1.69. The van der Waals surface area contributed by atoms with Crippen LogP contribution >= 0.6 is 0 Å². The molecule has 7 heteroatoms. The zero-order valence-corrected chi connectivity index (χ0v) is 13.0. The van der Waals surface area contributed by atoms with E-state index in [-0.39, 0.29) is 5.75 Å². The fourth-order valence-corrected chi connectivity index (χ4v) is 2.69. The van der Waals surface area contributed by atoms with Gasteiger partial charge in [-0.05, 0) is 30.5 Å². The maximum absolute atomic E-state index is 12.6. The second kappa shape index (κ2) is 5.91. The van der Waals surface area contributed by atoms with Crippen LogP contribution in [0.4, 0.5) is 13.2 Å². The number of rotatable bonds is 4. The highest BCUT2D eigenvalue weighted by atomic mass is 19.4. The van der Waals surface area contributed by atoms with Crippen LogP contribution < -0.4 is 4.74 Å². The van der Waals surface area contributed by atoms with Gasteiger partial charge in [-0.3, -0.25) is 5.10 Å². The molecule has 1 saturated carbocycles. The van der Waals surface area contributed by atoms with Crippen LogP contribution in [-0.4, -0.2) is 21.5 Å². The van der Waals surface area contributed by atoms with E-state index in [1.165, 1.54) is 12.1 Å². The van der Waals surface area contributed by atoms with Gasteiger partial charge in [-0.2, -0.15) is 5.10 Å². The highest BCUT2D eigenvalue weighted by Crippen LogP contribution is 2.39. The zero-order valence-electron chi connectivity index (χ0n) is 13.0. The molecule has 128 valence electrons. The third-order valence-corrected chi connectivity index (χ3v) is 4.01. The van der Waals surface area contributed by atoms with Crippen LogP contribution in [0.1, 0.15) is 24.6 Å². The summed E-state index contributed by atoms with van der Waals surface area (Å²) in [4.78, 5) is 4.48. The van der Waals surface area contributed by atoms with Crippen molar-refractivity contribution in [1.82, 2.24) is 15.2 Å². The van der Waals surface area contributed by atoms with Crippen molar-refractivity contribution in [2.75, 3.05) is 0 Å². The average Bonchev–Trinajstić information content (AvgIpc) is 3.31. The Morgan fingerprint density at radius 3 is 2.52 bits per heavy atom. The molecule has 1 aliphatic carbocycles. The fourth-order valence-electron chi connectivity index (χ4n) is 2.69. The molecule has 1 aliphatic rings. The van der Waals surface area contributed by atoms with Crippen LogP contribution in [0.5, 0.6) is 5.75 Å². The van der Waals surface area contributed by atoms with Gasteiger partial charge in [-0.15, -0.1) is 13.2 Å². The first-order valence-corrected chi connectivity index (χ1v) is 7.87. The largest absolute Gasteiger partial charge is 0.573 e. The Bertz CT molecular complexity index is 900. The van der Waals surface area contributed by atoms with Gasteiger partial charge in [0.25, 0.3) is 0 Å². The maximum atomic E-state index is 12.6. The number of aromatic nitrogens is 3. The lowest BCUT2D eigenvalue weighted by molar-refractivity contribution is -0.274. The van der Waals surface area contributed by atoms with Gasteiger partial charge in [0, 0.05) is 17.0 Å². The summed E-state index contributed by atoms with van der Waals surface area (Å²) in [6.45, 7) is 0. The molecule has 0 bridgehead atoms. The van der Waals surface area contributed by atoms with Crippen molar-refractivity contribution in [3.8, 4) is 28.3 Å². The number of alkyl halides is 3. The minimum Gasteiger partial charge on any atom is -0.405 e. The van der Waals surface area contributed by atoms with E-state index in [4.69, 9.17) is 0 Å². The molecule has 3 aromatic rings. The van der Waals surface area contributed by atoms with E-state index in [1.54, 1.807) is 30.3 Å². The van der Waals surface area contributed by atoms with Crippen molar-refractivity contribution in [2.45, 2.75) is 25.1 Å². The Morgan fingerprint density at radius 1 is 1.00 bits per heavy atom. The molecule has 0 spiro atoms. The Morgan fingerprint density at radius 2 is 1.76 bits per heavy atom. The quantitative estimate of drug-likeness (QED) is 0.730. The number of para-hydroxylation sites is 1. The molecular formula is C18H14F3N3O. The number of H-pyrrole nitrogens is 1. The molecule has 1 aromatic heterocycles. The number of ether oxygens (including phenoxy) is 1. The Labute approximate surface area is 141 Å². The first-order valence-electron chi connectivity index (χ1n) is 7.87. The SMILES string of the molecule is FC(F)(F)Oc1ccccc1-c1cccc(-c2n[nH]c(C3CC3)n2)c1. The van der Waals surface area contributed by atoms with Gasteiger partial charge in [-0.1, -0.05) is 36.4 Å². The topological polar surface area (TPSA) is 50.8 Å². The van der Waals surface area contributed by atoms with E-state index in [0.717, 1.165) is 24.2 Å². The average molecular weight is 345 g/mol. The molecule has 1 fully saturated rings. The van der Waals surface area contributed by atoms with Gasteiger partial charge in [0.15, 0.2) is 5.82 Å². The van der Waals surface area contributed by atoms with E-state index in [2.05, 4.69) is 19.9 Å². The number of nitrogens with one attached hydrogen (secondary N) is 1. The summed E-state index contributed by atoms with van der Waals surface area (Å²) in [6.07, 6.45) is -2.52. The van der Waals surface area contributed by atoms with Gasteiger partial charge in [0.2, 0.25) is 0 Å². The molecule has 4 nitrogen and oxygen atoms in total. The summed E-state index contributed by atoms with van der Waals surface area (Å²) in [7, 11) is 0. The van der Waals surface area contributed by atoms with E-state index >= 15 is 0 Å². The summed E-state index contributed by atoms with van der Waals surface area (Å²) in [5.41, 5.74) is 1.71. The minimum atomic E-state index is -4.74. The van der Waals surface area contributed by atoms with E-state index in [1.807, 2.05) is 6.07 Å². The lowest BCUT2D eigenvalue weighted by Crippen LogP contribution is -2.17. The highest BCUT2D eigenvalue weighted by molar-refractivity contribution is 5.74. The van der Waals surface area contributed by atoms with Crippen LogP contribution in [-0.2, 0) is 0 Å².